The van der Waals surface area contributed by atoms with Crippen LogP contribution in [0.3, 0.4) is 0 Å². The molecular weight excluding hydrogens is 376 g/mol. The van der Waals surface area contributed by atoms with Crippen LogP contribution >= 0.6 is 15.9 Å². The Balaban J connectivity index is 1.93. The van der Waals surface area contributed by atoms with Crippen LogP contribution in [0.25, 0.3) is 54.6 Å². The Morgan fingerprint density at radius 1 is 0.560 bits per heavy atom. The van der Waals surface area contributed by atoms with Gasteiger partial charge in [-0.1, -0.05) is 42.5 Å². The Morgan fingerprint density at radius 2 is 1.20 bits per heavy atom. The fourth-order valence-corrected chi connectivity index (χ4v) is 4.35. The standard InChI is InChI=1S/C22H11BrO2/c23-17-11-16-13(20-15-6-2-4-8-19(15)25-22(17)20)9-10-14-12-5-1-3-7-18(12)24-21(14)16/h1-11H. The minimum absolute atomic E-state index is 0.879. The second-order valence-electron chi connectivity index (χ2n) is 6.30. The minimum Gasteiger partial charge on any atom is -0.455 e. The topological polar surface area (TPSA) is 26.3 Å². The Kier molecular flexibility index (Phi) is 2.51. The lowest BCUT2D eigenvalue weighted by atomic mass is 10.0. The Morgan fingerprint density at radius 3 is 2.04 bits per heavy atom. The molecule has 0 bridgehead atoms. The van der Waals surface area contributed by atoms with Crippen LogP contribution in [0, 0.1) is 0 Å². The van der Waals surface area contributed by atoms with Crippen LogP contribution in [-0.2, 0) is 0 Å². The summed E-state index contributed by atoms with van der Waals surface area (Å²) < 4.78 is 13.2. The quantitative estimate of drug-likeness (QED) is 0.271. The summed E-state index contributed by atoms with van der Waals surface area (Å²) >= 11 is 3.69. The van der Waals surface area contributed by atoms with Gasteiger partial charge >= 0.3 is 0 Å². The highest BCUT2D eigenvalue weighted by Crippen LogP contribution is 2.42. The molecule has 2 nitrogen and oxygen atoms in total. The van der Waals surface area contributed by atoms with E-state index in [1.54, 1.807) is 0 Å². The van der Waals surface area contributed by atoms with Gasteiger partial charge in [-0.05, 0) is 45.6 Å². The summed E-state index contributed by atoms with van der Waals surface area (Å²) in [6, 6.07) is 22.8. The van der Waals surface area contributed by atoms with Crippen LogP contribution in [0.15, 0.2) is 80.0 Å². The zero-order valence-corrected chi connectivity index (χ0v) is 14.6. The molecule has 118 valence electrons. The molecule has 0 fully saturated rings. The van der Waals surface area contributed by atoms with Crippen molar-refractivity contribution in [1.82, 2.24) is 0 Å². The normalized spacial score (nSPS) is 12.2. The first-order valence-corrected chi connectivity index (χ1v) is 8.94. The molecular formula is C22H11BrO2. The summed E-state index contributed by atoms with van der Waals surface area (Å²) in [6.07, 6.45) is 0. The van der Waals surface area contributed by atoms with Crippen molar-refractivity contribution in [3.8, 4) is 0 Å². The minimum atomic E-state index is 0.879. The highest BCUT2D eigenvalue weighted by Gasteiger charge is 2.17. The van der Waals surface area contributed by atoms with Gasteiger partial charge in [0, 0.05) is 26.9 Å². The van der Waals surface area contributed by atoms with Gasteiger partial charge in [0.1, 0.15) is 22.3 Å². The smallest absolute Gasteiger partial charge is 0.150 e. The monoisotopic (exact) mass is 386 g/mol. The fourth-order valence-electron chi connectivity index (χ4n) is 3.84. The van der Waals surface area contributed by atoms with Crippen molar-refractivity contribution < 1.29 is 8.83 Å². The number of benzene rings is 4. The van der Waals surface area contributed by atoms with E-state index >= 15 is 0 Å². The van der Waals surface area contributed by atoms with Gasteiger partial charge < -0.3 is 8.83 Å². The first-order valence-electron chi connectivity index (χ1n) is 8.15. The van der Waals surface area contributed by atoms with Crippen molar-refractivity contribution in [2.75, 3.05) is 0 Å². The maximum Gasteiger partial charge on any atom is 0.150 e. The summed E-state index contributed by atoms with van der Waals surface area (Å²) in [5, 5.41) is 6.78. The summed E-state index contributed by atoms with van der Waals surface area (Å²) in [5.74, 6) is 0. The van der Waals surface area contributed by atoms with Crippen LogP contribution in [0.4, 0.5) is 0 Å². The van der Waals surface area contributed by atoms with Crippen LogP contribution in [-0.4, -0.2) is 0 Å². The van der Waals surface area contributed by atoms with Crippen LogP contribution in [0.5, 0.6) is 0 Å². The van der Waals surface area contributed by atoms with Crippen molar-refractivity contribution in [3.05, 3.63) is 71.2 Å². The maximum absolute atomic E-state index is 6.21. The second-order valence-corrected chi connectivity index (χ2v) is 7.15. The number of hydrogen-bond acceptors (Lipinski definition) is 2. The van der Waals surface area contributed by atoms with Gasteiger partial charge in [0.2, 0.25) is 0 Å². The molecule has 0 saturated heterocycles. The molecule has 0 atom stereocenters. The van der Waals surface area contributed by atoms with Gasteiger partial charge in [-0.3, -0.25) is 0 Å². The summed E-state index contributed by atoms with van der Waals surface area (Å²) in [5.41, 5.74) is 3.62. The Labute approximate surface area is 150 Å². The van der Waals surface area contributed by atoms with Gasteiger partial charge in [-0.2, -0.15) is 0 Å². The molecule has 6 rings (SSSR count). The van der Waals surface area contributed by atoms with E-state index in [2.05, 4.69) is 46.3 Å². The van der Waals surface area contributed by atoms with E-state index in [1.165, 1.54) is 0 Å². The van der Waals surface area contributed by atoms with E-state index in [-0.39, 0.29) is 0 Å². The van der Waals surface area contributed by atoms with E-state index in [4.69, 9.17) is 8.83 Å². The van der Waals surface area contributed by atoms with Crippen molar-refractivity contribution in [1.29, 1.82) is 0 Å². The van der Waals surface area contributed by atoms with Crippen molar-refractivity contribution >= 4 is 70.6 Å². The fraction of sp³-hybridized carbons (Fsp3) is 0. The molecule has 0 unspecified atom stereocenters. The van der Waals surface area contributed by atoms with Gasteiger partial charge in [-0.25, -0.2) is 0 Å². The highest BCUT2D eigenvalue weighted by atomic mass is 79.9. The molecule has 25 heavy (non-hydrogen) atoms. The maximum atomic E-state index is 6.21. The molecule has 0 N–H and O–H groups in total. The van der Waals surface area contributed by atoms with E-state index in [9.17, 15) is 0 Å². The molecule has 0 spiro atoms. The first-order chi connectivity index (χ1) is 12.3. The number of hydrogen-bond donors (Lipinski definition) is 0. The number of fused-ring (bicyclic) bond motifs is 9. The van der Waals surface area contributed by atoms with E-state index in [0.717, 1.165) is 59.1 Å². The predicted octanol–water partition coefficient (Wildman–Crippen LogP) is 7.40. The predicted molar refractivity (Wildman–Crippen MR) is 106 cm³/mol. The Bertz CT molecular complexity index is 1450. The van der Waals surface area contributed by atoms with Gasteiger partial charge in [-0.15, -0.1) is 0 Å². The van der Waals surface area contributed by atoms with Crippen LogP contribution in [0.2, 0.25) is 0 Å². The number of halogens is 1. The average molecular weight is 387 g/mol. The molecule has 0 aliphatic rings. The zero-order chi connectivity index (χ0) is 16.5. The summed E-state index contributed by atoms with van der Waals surface area (Å²) in [6.45, 7) is 0. The lowest BCUT2D eigenvalue weighted by Gasteiger charge is -2.03. The molecule has 3 heteroatoms. The van der Waals surface area contributed by atoms with E-state index < -0.39 is 0 Å². The van der Waals surface area contributed by atoms with Crippen LogP contribution in [0.1, 0.15) is 0 Å². The molecule has 0 amide bonds. The van der Waals surface area contributed by atoms with E-state index in [0.29, 0.717) is 0 Å². The molecule has 6 aromatic rings. The molecule has 0 aliphatic heterocycles. The van der Waals surface area contributed by atoms with Crippen LogP contribution < -0.4 is 0 Å². The van der Waals surface area contributed by atoms with Crippen molar-refractivity contribution in [3.63, 3.8) is 0 Å². The number of rotatable bonds is 0. The third-order valence-corrected chi connectivity index (χ3v) is 5.53. The third kappa shape index (κ3) is 1.68. The number of para-hydroxylation sites is 2. The Hall–Kier alpha value is -2.78. The molecule has 2 aromatic heterocycles. The van der Waals surface area contributed by atoms with Gasteiger partial charge in [0.15, 0.2) is 0 Å². The third-order valence-electron chi connectivity index (χ3n) is 4.94. The zero-order valence-electron chi connectivity index (χ0n) is 13.0. The summed E-state index contributed by atoms with van der Waals surface area (Å²) in [4.78, 5) is 0. The molecule has 0 aliphatic carbocycles. The lowest BCUT2D eigenvalue weighted by Crippen LogP contribution is -1.78. The highest BCUT2D eigenvalue weighted by molar-refractivity contribution is 9.10. The van der Waals surface area contributed by atoms with Gasteiger partial charge in [0.05, 0.1) is 4.47 Å². The molecule has 0 radical (unpaired) electrons. The van der Waals surface area contributed by atoms with Crippen molar-refractivity contribution in [2.24, 2.45) is 0 Å². The van der Waals surface area contributed by atoms with Gasteiger partial charge in [0.25, 0.3) is 0 Å². The van der Waals surface area contributed by atoms with Crippen molar-refractivity contribution in [2.45, 2.75) is 0 Å². The number of furan rings is 2. The lowest BCUT2D eigenvalue weighted by molar-refractivity contribution is 0.667. The largest absolute Gasteiger partial charge is 0.455 e. The molecule has 0 saturated carbocycles. The average Bonchev–Trinajstić information content (AvgIpc) is 3.21. The second kappa shape index (κ2) is 4.64. The molecule has 4 aromatic carbocycles. The summed E-state index contributed by atoms with van der Waals surface area (Å²) in [7, 11) is 0. The SMILES string of the molecule is Brc1cc2c(ccc3c4ccccc4oc32)c2c1oc1ccccc12. The first kappa shape index (κ1) is 13.5. The molecule has 2 heterocycles. The van der Waals surface area contributed by atoms with E-state index in [1.807, 2.05) is 36.4 Å².